The third-order valence-electron chi connectivity index (χ3n) is 5.75. The van der Waals surface area contributed by atoms with Gasteiger partial charge in [-0.25, -0.2) is 4.98 Å². The highest BCUT2D eigenvalue weighted by Gasteiger charge is 2.30. The van der Waals surface area contributed by atoms with E-state index < -0.39 is 0 Å². The molecule has 156 valence electrons. The lowest BCUT2D eigenvalue weighted by molar-refractivity contribution is -0.132. The molecule has 1 unspecified atom stereocenters. The van der Waals surface area contributed by atoms with Crippen LogP contribution in [-0.4, -0.2) is 22.3 Å². The Morgan fingerprint density at radius 3 is 2.45 bits per heavy atom. The van der Waals surface area contributed by atoms with Crippen molar-refractivity contribution in [3.05, 3.63) is 88.9 Å². The number of likely N-dealkylation sites (tertiary alicyclic amines) is 1. The Hall–Kier alpha value is -3.18. The lowest BCUT2D eigenvalue weighted by Crippen LogP contribution is -2.30. The fourth-order valence-corrected chi connectivity index (χ4v) is 5.12. The van der Waals surface area contributed by atoms with Crippen LogP contribution in [0.15, 0.2) is 82.6 Å². The number of carbonyl (C=O) groups is 1. The summed E-state index contributed by atoms with van der Waals surface area (Å²) in [7, 11) is 0. The van der Waals surface area contributed by atoms with Crippen molar-refractivity contribution in [2.45, 2.75) is 31.7 Å². The molecule has 3 heterocycles. The van der Waals surface area contributed by atoms with Crippen LogP contribution in [0.4, 0.5) is 0 Å². The van der Waals surface area contributed by atoms with E-state index in [0.29, 0.717) is 18.7 Å². The van der Waals surface area contributed by atoms with Crippen molar-refractivity contribution >= 4 is 17.2 Å². The van der Waals surface area contributed by atoms with Crippen LogP contribution in [0.5, 0.6) is 0 Å². The normalized spacial score (nSPS) is 16.0. The standard InChI is InChI=1S/C26H24N2O2S/c29-24(28-17-7-13-21(28)22-14-8-18-31-22)16-15-23-27-25(19-9-3-1-4-10-19)26(30-23)20-11-5-2-6-12-20/h1-6,8-12,14,18,21H,7,13,15-17H2. The molecule has 1 atom stereocenters. The predicted octanol–water partition coefficient (Wildman–Crippen LogP) is 6.37. The van der Waals surface area contributed by atoms with Crippen LogP contribution in [0.1, 0.15) is 36.1 Å². The molecular formula is C26H24N2O2S. The van der Waals surface area contributed by atoms with Crippen molar-refractivity contribution in [1.29, 1.82) is 0 Å². The number of aryl methyl sites for hydroxylation is 1. The Kier molecular flexibility index (Phi) is 5.67. The summed E-state index contributed by atoms with van der Waals surface area (Å²) in [6, 6.07) is 24.5. The summed E-state index contributed by atoms with van der Waals surface area (Å²) in [5.41, 5.74) is 2.83. The highest BCUT2D eigenvalue weighted by atomic mass is 32.1. The van der Waals surface area contributed by atoms with E-state index in [0.717, 1.165) is 42.0 Å². The molecule has 1 aliphatic rings. The molecule has 2 aromatic heterocycles. The third kappa shape index (κ3) is 4.19. The van der Waals surface area contributed by atoms with Gasteiger partial charge >= 0.3 is 0 Å². The van der Waals surface area contributed by atoms with Crippen LogP contribution in [0.2, 0.25) is 0 Å². The fraction of sp³-hybridized carbons (Fsp3) is 0.231. The highest BCUT2D eigenvalue weighted by Crippen LogP contribution is 2.36. The molecule has 0 N–H and O–H groups in total. The van der Waals surface area contributed by atoms with Crippen molar-refractivity contribution in [3.63, 3.8) is 0 Å². The maximum absolute atomic E-state index is 13.0. The molecule has 0 spiro atoms. The highest BCUT2D eigenvalue weighted by molar-refractivity contribution is 7.10. The monoisotopic (exact) mass is 428 g/mol. The minimum atomic E-state index is 0.177. The van der Waals surface area contributed by atoms with Crippen molar-refractivity contribution < 1.29 is 9.21 Å². The van der Waals surface area contributed by atoms with Crippen molar-refractivity contribution in [1.82, 2.24) is 9.88 Å². The number of hydrogen-bond donors (Lipinski definition) is 0. The van der Waals surface area contributed by atoms with Crippen LogP contribution < -0.4 is 0 Å². The van der Waals surface area contributed by atoms with E-state index >= 15 is 0 Å². The van der Waals surface area contributed by atoms with Gasteiger partial charge in [0.15, 0.2) is 11.7 Å². The van der Waals surface area contributed by atoms with Gasteiger partial charge in [-0.1, -0.05) is 66.7 Å². The maximum atomic E-state index is 13.0. The number of oxazole rings is 1. The molecule has 1 aliphatic heterocycles. The second-order valence-corrected chi connectivity index (χ2v) is 8.76. The zero-order valence-electron chi connectivity index (χ0n) is 17.2. The van der Waals surface area contributed by atoms with E-state index in [4.69, 9.17) is 9.40 Å². The summed E-state index contributed by atoms with van der Waals surface area (Å²) < 4.78 is 6.19. The minimum absolute atomic E-state index is 0.177. The van der Waals surface area contributed by atoms with Crippen LogP contribution in [0.3, 0.4) is 0 Å². The summed E-state index contributed by atoms with van der Waals surface area (Å²) in [5.74, 6) is 1.54. The zero-order chi connectivity index (χ0) is 21.0. The van der Waals surface area contributed by atoms with Crippen LogP contribution in [0.25, 0.3) is 22.6 Å². The minimum Gasteiger partial charge on any atom is -0.440 e. The lowest BCUT2D eigenvalue weighted by Gasteiger charge is -2.23. The lowest BCUT2D eigenvalue weighted by atomic mass is 10.1. The first-order valence-electron chi connectivity index (χ1n) is 10.7. The zero-order valence-corrected chi connectivity index (χ0v) is 18.1. The van der Waals surface area contributed by atoms with E-state index in [1.165, 1.54) is 4.88 Å². The quantitative estimate of drug-likeness (QED) is 0.359. The number of carbonyl (C=O) groups excluding carboxylic acids is 1. The molecule has 0 saturated carbocycles. The van der Waals surface area contributed by atoms with Gasteiger partial charge in [-0.05, 0) is 24.3 Å². The van der Waals surface area contributed by atoms with Gasteiger partial charge in [0.25, 0.3) is 0 Å². The van der Waals surface area contributed by atoms with Gasteiger partial charge in [0.05, 0.1) is 6.04 Å². The first-order valence-corrected chi connectivity index (χ1v) is 11.6. The molecule has 5 heteroatoms. The van der Waals surface area contributed by atoms with Gasteiger partial charge < -0.3 is 9.32 Å². The molecule has 2 aromatic carbocycles. The van der Waals surface area contributed by atoms with Crippen LogP contribution >= 0.6 is 11.3 Å². The maximum Gasteiger partial charge on any atom is 0.223 e. The Morgan fingerprint density at radius 2 is 1.74 bits per heavy atom. The Labute approximate surface area is 186 Å². The number of rotatable bonds is 6. The Balaban J connectivity index is 1.36. The van der Waals surface area contributed by atoms with E-state index in [-0.39, 0.29) is 11.9 Å². The number of thiophene rings is 1. The van der Waals surface area contributed by atoms with Crippen LogP contribution in [-0.2, 0) is 11.2 Å². The summed E-state index contributed by atoms with van der Waals surface area (Å²) >= 11 is 1.73. The van der Waals surface area contributed by atoms with Gasteiger partial charge in [-0.3, -0.25) is 4.79 Å². The number of amides is 1. The number of benzene rings is 2. The molecule has 0 radical (unpaired) electrons. The summed E-state index contributed by atoms with van der Waals surface area (Å²) in [6.45, 7) is 0.831. The molecule has 31 heavy (non-hydrogen) atoms. The van der Waals surface area contributed by atoms with Gasteiger partial charge in [-0.2, -0.15) is 0 Å². The fourth-order valence-electron chi connectivity index (χ4n) is 4.25. The van der Waals surface area contributed by atoms with E-state index in [1.807, 2.05) is 65.6 Å². The van der Waals surface area contributed by atoms with Gasteiger partial charge in [0, 0.05) is 35.4 Å². The van der Waals surface area contributed by atoms with Gasteiger partial charge in [-0.15, -0.1) is 11.3 Å². The molecule has 1 amide bonds. The van der Waals surface area contributed by atoms with Gasteiger partial charge in [0.1, 0.15) is 5.69 Å². The summed E-state index contributed by atoms with van der Waals surface area (Å²) in [4.78, 5) is 21.1. The summed E-state index contributed by atoms with van der Waals surface area (Å²) in [6.07, 6.45) is 3.01. The summed E-state index contributed by atoms with van der Waals surface area (Å²) in [5, 5.41) is 2.08. The molecule has 1 fully saturated rings. The first-order chi connectivity index (χ1) is 15.3. The van der Waals surface area contributed by atoms with E-state index in [1.54, 1.807) is 11.3 Å². The smallest absolute Gasteiger partial charge is 0.223 e. The Morgan fingerprint density at radius 1 is 1.00 bits per heavy atom. The van der Waals surface area contributed by atoms with E-state index in [2.05, 4.69) is 17.5 Å². The SMILES string of the molecule is O=C(CCc1nc(-c2ccccc2)c(-c2ccccc2)o1)N1CCCC1c1cccs1. The number of aromatic nitrogens is 1. The molecule has 5 rings (SSSR count). The average Bonchev–Trinajstić information content (AvgIpc) is 3.59. The number of hydrogen-bond acceptors (Lipinski definition) is 4. The Bertz CT molecular complexity index is 1080. The second kappa shape index (κ2) is 8.90. The topological polar surface area (TPSA) is 46.3 Å². The third-order valence-corrected chi connectivity index (χ3v) is 6.73. The second-order valence-electron chi connectivity index (χ2n) is 7.78. The van der Waals surface area contributed by atoms with Crippen LogP contribution in [0, 0.1) is 0 Å². The van der Waals surface area contributed by atoms with Crippen molar-refractivity contribution in [3.8, 4) is 22.6 Å². The molecule has 4 nitrogen and oxygen atoms in total. The van der Waals surface area contributed by atoms with E-state index in [9.17, 15) is 4.79 Å². The molecule has 0 aliphatic carbocycles. The molecule has 4 aromatic rings. The largest absolute Gasteiger partial charge is 0.440 e. The number of nitrogens with zero attached hydrogens (tertiary/aromatic N) is 2. The predicted molar refractivity (Wildman–Crippen MR) is 124 cm³/mol. The average molecular weight is 429 g/mol. The molecule has 0 bridgehead atoms. The molecular weight excluding hydrogens is 404 g/mol. The first kappa shape index (κ1) is 19.8. The molecule has 1 saturated heterocycles. The van der Waals surface area contributed by atoms with Gasteiger partial charge in [0.2, 0.25) is 5.91 Å². The van der Waals surface area contributed by atoms with Crippen molar-refractivity contribution in [2.24, 2.45) is 0 Å². The van der Waals surface area contributed by atoms with Crippen molar-refractivity contribution in [2.75, 3.05) is 6.54 Å².